The fourth-order valence-electron chi connectivity index (χ4n) is 12.1. The van der Waals surface area contributed by atoms with Crippen LogP contribution >= 0.6 is 0 Å². The van der Waals surface area contributed by atoms with Gasteiger partial charge in [0.05, 0.1) is 75.6 Å². The topological polar surface area (TPSA) is 153 Å². The van der Waals surface area contributed by atoms with Gasteiger partial charge in [0, 0.05) is 44.3 Å². The number of H-pyrrole nitrogens is 2. The number of ether oxygens (including phenoxy) is 6. The molecule has 4 N–H and O–H groups in total. The number of rotatable bonds is 28. The van der Waals surface area contributed by atoms with Crippen LogP contribution < -0.4 is 0 Å². The van der Waals surface area contributed by atoms with Crippen molar-refractivity contribution in [1.82, 2.24) is 19.9 Å². The van der Waals surface area contributed by atoms with Gasteiger partial charge in [-0.3, -0.25) is 0 Å². The van der Waals surface area contributed by atoms with E-state index in [-0.39, 0.29) is 52.9 Å². The molecule has 0 spiro atoms. The Labute approximate surface area is 548 Å². The first-order valence-corrected chi connectivity index (χ1v) is 31.9. The predicted octanol–water partition coefficient (Wildman–Crippen LogP) is 16.8. The van der Waals surface area contributed by atoms with E-state index in [2.05, 4.69) is 58.5 Å². The summed E-state index contributed by atoms with van der Waals surface area (Å²) in [5.41, 5.74) is 15.8. The van der Waals surface area contributed by atoms with E-state index in [1.165, 1.54) is 0 Å². The maximum Gasteiger partial charge on any atom is 0.117 e. The minimum atomic E-state index is -1.19. The molecule has 12 heteroatoms. The maximum atomic E-state index is 12.8. The lowest BCUT2D eigenvalue weighted by molar-refractivity contribution is -0.149. The second kappa shape index (κ2) is 31.1. The van der Waals surface area contributed by atoms with E-state index in [1.54, 1.807) is 0 Å². The molecule has 13 rings (SSSR count). The Balaban J connectivity index is 1.05. The largest absolute Gasteiger partial charge is 0.388 e. The number of hydrogen-bond acceptors (Lipinski definition) is 10. The number of aliphatic hydroxyl groups is 2. The monoisotopic (exact) mass is 1240 g/mol. The average Bonchev–Trinajstić information content (AvgIpc) is 1.61. The first-order valence-electron chi connectivity index (χ1n) is 31.9. The number of nitrogens with one attached hydrogen (secondary N) is 2. The molecule has 3 aromatic heterocycles. The molecule has 0 amide bonds. The second-order valence-corrected chi connectivity index (χ2v) is 23.4. The summed E-state index contributed by atoms with van der Waals surface area (Å²) in [5, 5.41) is 25.6. The van der Waals surface area contributed by atoms with Gasteiger partial charge in [-0.25, -0.2) is 9.97 Å². The van der Waals surface area contributed by atoms with Crippen molar-refractivity contribution >= 4 is 46.4 Å². The van der Waals surface area contributed by atoms with E-state index < -0.39 is 36.6 Å². The third-order valence-electron chi connectivity index (χ3n) is 16.8. The third kappa shape index (κ3) is 15.6. The van der Waals surface area contributed by atoms with E-state index in [9.17, 15) is 10.2 Å². The summed E-state index contributed by atoms with van der Waals surface area (Å²) in [6.45, 7) is 1.16. The van der Waals surface area contributed by atoms with Gasteiger partial charge in [-0.05, 0) is 93.1 Å². The Morgan fingerprint density at radius 3 is 0.872 bits per heavy atom. The van der Waals surface area contributed by atoms with Crippen LogP contribution in [0.3, 0.4) is 0 Å². The molecule has 12 nitrogen and oxygen atoms in total. The van der Waals surface area contributed by atoms with Gasteiger partial charge in [-0.1, -0.05) is 243 Å². The quantitative estimate of drug-likeness (QED) is 0.0373. The van der Waals surface area contributed by atoms with Crippen molar-refractivity contribution in [2.75, 3.05) is 13.2 Å². The molecule has 2 aliphatic heterocycles. The number of aromatic nitrogens is 4. The molecule has 0 radical (unpaired) electrons. The Morgan fingerprint density at radius 2 is 0.553 bits per heavy atom. The summed E-state index contributed by atoms with van der Waals surface area (Å²) in [4.78, 5) is 19.1. The summed E-state index contributed by atoms with van der Waals surface area (Å²) >= 11 is 0. The maximum absolute atomic E-state index is 12.8. The summed E-state index contributed by atoms with van der Waals surface area (Å²) in [7, 11) is 0. The molecule has 0 saturated heterocycles. The van der Waals surface area contributed by atoms with Crippen molar-refractivity contribution in [3.63, 3.8) is 0 Å². The lowest BCUT2D eigenvalue weighted by atomic mass is 9.98. The molecule has 2 aliphatic rings. The number of nitrogens with zero attached hydrogens (tertiary/aromatic N) is 2. The van der Waals surface area contributed by atoms with Gasteiger partial charge in [-0.2, -0.15) is 0 Å². The molecular weight excluding hydrogens is 1170 g/mol. The summed E-state index contributed by atoms with van der Waals surface area (Å²) in [5.74, 6) is 0. The van der Waals surface area contributed by atoms with Crippen molar-refractivity contribution in [3.8, 4) is 22.3 Å². The minimum Gasteiger partial charge on any atom is -0.388 e. The Hall–Kier alpha value is -9.96. The lowest BCUT2D eigenvalue weighted by Crippen LogP contribution is -2.39. The van der Waals surface area contributed by atoms with Crippen molar-refractivity contribution in [1.29, 1.82) is 0 Å². The van der Waals surface area contributed by atoms with Crippen LogP contribution in [-0.4, -0.2) is 67.8 Å². The molecule has 6 atom stereocenters. The van der Waals surface area contributed by atoms with Gasteiger partial charge in [0.2, 0.25) is 0 Å². The van der Waals surface area contributed by atoms with Crippen LogP contribution in [0.25, 0.3) is 68.6 Å². The lowest BCUT2D eigenvalue weighted by Gasteiger charge is -2.32. The molecule has 0 fully saturated rings. The van der Waals surface area contributed by atoms with Crippen LogP contribution in [0.1, 0.15) is 79.5 Å². The molecule has 0 aliphatic carbocycles. The second-order valence-electron chi connectivity index (χ2n) is 23.4. The fourth-order valence-corrected chi connectivity index (χ4v) is 12.1. The van der Waals surface area contributed by atoms with Gasteiger partial charge in [0.25, 0.3) is 0 Å². The van der Waals surface area contributed by atoms with Crippen molar-refractivity contribution in [2.24, 2.45) is 0 Å². The third-order valence-corrected chi connectivity index (χ3v) is 16.8. The van der Waals surface area contributed by atoms with Gasteiger partial charge in [0.15, 0.2) is 0 Å². The SMILES string of the molecule is O[C@H](COCc1ccccc1)[C@H](OCc1ccccc1)[C@H](OCc1ccccc1)c1c2nc(c(-c3ccccc3)c3ccc([nH]3)c([C@@H](OCc3ccccc3)[C@@H](OCc3ccccc3)[C@H](O)COCc3ccccc3)c3nc(c(-c4ccccc4)c4ccc1[nH]4)C=C3)C=C2. The van der Waals surface area contributed by atoms with E-state index in [0.29, 0.717) is 44.9 Å². The van der Waals surface area contributed by atoms with Crippen LogP contribution in [0.15, 0.2) is 267 Å². The standard InChI is InChI=1S/C82H74N4O8/c87-73(55-89-49-57-25-9-1-10-26-57)79(91-51-59-29-13-3-14-30-59)81(93-53-61-33-17-5-18-34-61)77-69-45-41-65(83-69)75(63-37-21-7-22-38-63)67-43-47-71(85-67)78(72-48-44-68(86-72)76(64-39-23-8-24-40-64)66-42-46-70(77)84-66)82(94-54-62-35-19-6-20-36-62)80(92-52-60-31-15-4-16-32-60)74(88)56-90-50-58-27-11-2-12-28-58/h1-48,73-74,79-83,86-88H,49-56H2/t73-,74-,79+,80+,81-,82-/m1/s1. The molecule has 5 heterocycles. The van der Waals surface area contributed by atoms with Crippen molar-refractivity contribution in [2.45, 2.75) is 76.3 Å². The Bertz CT molecular complexity index is 4150. The van der Waals surface area contributed by atoms with Crippen LogP contribution in [0.4, 0.5) is 0 Å². The summed E-state index contributed by atoms with van der Waals surface area (Å²) in [6, 6.07) is 88.5. The molecule has 11 aromatic rings. The highest BCUT2D eigenvalue weighted by atomic mass is 16.6. The molecule has 0 unspecified atom stereocenters. The number of aromatic amines is 2. The zero-order valence-corrected chi connectivity index (χ0v) is 52.1. The van der Waals surface area contributed by atoms with Gasteiger partial charge in [0.1, 0.15) is 36.6 Å². The summed E-state index contributed by atoms with van der Waals surface area (Å²) < 4.78 is 41.4. The predicted molar refractivity (Wildman–Crippen MR) is 372 cm³/mol. The number of aliphatic hydroxyl groups excluding tert-OH is 2. The van der Waals surface area contributed by atoms with Crippen LogP contribution in [0.5, 0.6) is 0 Å². The van der Waals surface area contributed by atoms with Crippen molar-refractivity contribution < 1.29 is 38.6 Å². The first-order chi connectivity index (χ1) is 46.5. The van der Waals surface area contributed by atoms with Gasteiger partial charge >= 0.3 is 0 Å². The number of hydrogen-bond donors (Lipinski definition) is 4. The molecule has 94 heavy (non-hydrogen) atoms. The normalized spacial score (nSPS) is 13.9. The van der Waals surface area contributed by atoms with E-state index in [4.69, 9.17) is 38.4 Å². The number of fused-ring (bicyclic) bond motifs is 8. The fraction of sp³-hybridized carbons (Fsp3) is 0.171. The van der Waals surface area contributed by atoms with Crippen molar-refractivity contribution in [3.05, 3.63) is 334 Å². The molecular formula is C82H74N4O8. The van der Waals surface area contributed by atoms with E-state index in [1.807, 2.05) is 243 Å². The van der Waals surface area contributed by atoms with Gasteiger partial charge < -0.3 is 48.6 Å². The van der Waals surface area contributed by atoms with Gasteiger partial charge in [-0.15, -0.1) is 0 Å². The molecule has 0 saturated carbocycles. The Morgan fingerprint density at radius 1 is 0.287 bits per heavy atom. The molecule has 8 aromatic carbocycles. The minimum absolute atomic E-state index is 0.0570. The zero-order valence-electron chi connectivity index (χ0n) is 52.1. The molecule has 470 valence electrons. The highest BCUT2D eigenvalue weighted by molar-refractivity contribution is 5.94. The number of benzene rings is 8. The highest BCUT2D eigenvalue weighted by Crippen LogP contribution is 2.41. The smallest absolute Gasteiger partial charge is 0.117 e. The Kier molecular flexibility index (Phi) is 20.8. The zero-order chi connectivity index (χ0) is 63.7. The van der Waals surface area contributed by atoms with E-state index >= 15 is 0 Å². The summed E-state index contributed by atoms with van der Waals surface area (Å²) in [6.07, 6.45) is 1.80. The molecule has 8 bridgehead atoms. The highest BCUT2D eigenvalue weighted by Gasteiger charge is 2.37. The first kappa shape index (κ1) is 62.8. The van der Waals surface area contributed by atoms with E-state index in [0.717, 1.165) is 66.7 Å². The average molecular weight is 1240 g/mol. The van der Waals surface area contributed by atoms with Crippen LogP contribution in [0, 0.1) is 0 Å². The van der Waals surface area contributed by atoms with Crippen LogP contribution in [0.2, 0.25) is 0 Å². The van der Waals surface area contributed by atoms with Crippen LogP contribution in [-0.2, 0) is 68.1 Å².